The highest BCUT2D eigenvalue weighted by Crippen LogP contribution is 2.19. The van der Waals surface area contributed by atoms with E-state index < -0.39 is 16.7 Å². The standard InChI is InChI=1S/C15H10N4O5/c20-14(12-6-7-13(24-12)19(21)22)18-10-8-16-15(17-9-10)23-11-4-2-1-3-5-11/h1-9H,(H,18,20). The molecule has 3 aromatic rings. The Balaban J connectivity index is 1.65. The van der Waals surface area contributed by atoms with Crippen LogP contribution >= 0.6 is 0 Å². The molecule has 0 aliphatic rings. The molecule has 0 radical (unpaired) electrons. The van der Waals surface area contributed by atoms with Gasteiger partial charge < -0.3 is 14.5 Å². The maximum absolute atomic E-state index is 11.9. The van der Waals surface area contributed by atoms with Crippen molar-refractivity contribution in [3.63, 3.8) is 0 Å². The molecule has 1 amide bonds. The largest absolute Gasteiger partial charge is 0.433 e. The number of para-hydroxylation sites is 1. The molecule has 9 heteroatoms. The van der Waals surface area contributed by atoms with Crippen molar-refractivity contribution in [3.05, 3.63) is 70.7 Å². The summed E-state index contributed by atoms with van der Waals surface area (Å²) in [4.78, 5) is 29.6. The Hall–Kier alpha value is -3.75. The zero-order valence-electron chi connectivity index (χ0n) is 12.1. The van der Waals surface area contributed by atoms with Crippen LogP contribution in [0.3, 0.4) is 0 Å². The summed E-state index contributed by atoms with van der Waals surface area (Å²) in [7, 11) is 0. The van der Waals surface area contributed by atoms with Gasteiger partial charge in [-0.15, -0.1) is 0 Å². The van der Waals surface area contributed by atoms with Gasteiger partial charge in [-0.05, 0) is 18.2 Å². The molecule has 3 rings (SSSR count). The van der Waals surface area contributed by atoms with Crippen LogP contribution in [0.5, 0.6) is 11.8 Å². The van der Waals surface area contributed by atoms with E-state index in [0.29, 0.717) is 11.4 Å². The number of rotatable bonds is 5. The number of carbonyl (C=O) groups excluding carboxylic acids is 1. The van der Waals surface area contributed by atoms with Crippen molar-refractivity contribution in [1.82, 2.24) is 9.97 Å². The van der Waals surface area contributed by atoms with Crippen LogP contribution in [0.1, 0.15) is 10.6 Å². The lowest BCUT2D eigenvalue weighted by molar-refractivity contribution is -0.402. The third kappa shape index (κ3) is 3.53. The van der Waals surface area contributed by atoms with Gasteiger partial charge in [0.15, 0.2) is 5.76 Å². The van der Waals surface area contributed by atoms with Gasteiger partial charge in [-0.25, -0.2) is 9.97 Å². The van der Waals surface area contributed by atoms with Gasteiger partial charge in [-0.3, -0.25) is 14.9 Å². The topological polar surface area (TPSA) is 120 Å². The lowest BCUT2D eigenvalue weighted by Gasteiger charge is -2.05. The molecule has 24 heavy (non-hydrogen) atoms. The molecule has 0 unspecified atom stereocenters. The molecule has 0 atom stereocenters. The molecule has 1 N–H and O–H groups in total. The minimum Gasteiger partial charge on any atom is -0.424 e. The number of aromatic nitrogens is 2. The monoisotopic (exact) mass is 326 g/mol. The van der Waals surface area contributed by atoms with Crippen molar-refractivity contribution in [3.8, 4) is 11.8 Å². The average molecular weight is 326 g/mol. The van der Waals surface area contributed by atoms with Gasteiger partial charge in [-0.1, -0.05) is 18.2 Å². The molecule has 2 aromatic heterocycles. The highest BCUT2D eigenvalue weighted by Gasteiger charge is 2.17. The predicted octanol–water partition coefficient (Wildman–Crippen LogP) is 3.02. The summed E-state index contributed by atoms with van der Waals surface area (Å²) in [6, 6.07) is 11.4. The number of benzene rings is 1. The molecule has 0 spiro atoms. The summed E-state index contributed by atoms with van der Waals surface area (Å²) in [6.07, 6.45) is 2.70. The summed E-state index contributed by atoms with van der Waals surface area (Å²) in [6.45, 7) is 0. The number of carbonyl (C=O) groups is 1. The minimum atomic E-state index is -0.727. The number of furan rings is 1. The summed E-state index contributed by atoms with van der Waals surface area (Å²) in [5.74, 6) is -0.769. The van der Waals surface area contributed by atoms with Crippen LogP contribution in [0.25, 0.3) is 0 Å². The lowest BCUT2D eigenvalue weighted by Crippen LogP contribution is -2.11. The van der Waals surface area contributed by atoms with E-state index in [-0.39, 0.29) is 11.8 Å². The van der Waals surface area contributed by atoms with Crippen LogP contribution < -0.4 is 10.1 Å². The first-order valence-electron chi connectivity index (χ1n) is 6.72. The van der Waals surface area contributed by atoms with E-state index in [2.05, 4.69) is 15.3 Å². The first-order chi connectivity index (χ1) is 11.6. The van der Waals surface area contributed by atoms with Crippen LogP contribution in [0, 0.1) is 10.1 Å². The van der Waals surface area contributed by atoms with Gasteiger partial charge in [-0.2, -0.15) is 0 Å². The molecule has 0 aliphatic heterocycles. The van der Waals surface area contributed by atoms with Crippen molar-refractivity contribution in [2.24, 2.45) is 0 Å². The Labute approximate surface area is 135 Å². The maximum Gasteiger partial charge on any atom is 0.433 e. The SMILES string of the molecule is O=C(Nc1cnc(Oc2ccccc2)nc1)c1ccc([N+](=O)[O-])o1. The van der Waals surface area contributed by atoms with Crippen LogP contribution in [-0.4, -0.2) is 20.8 Å². The van der Waals surface area contributed by atoms with E-state index in [9.17, 15) is 14.9 Å². The third-order valence-corrected chi connectivity index (χ3v) is 2.83. The van der Waals surface area contributed by atoms with Gasteiger partial charge in [0.05, 0.1) is 24.1 Å². The Morgan fingerprint density at radius 1 is 1.12 bits per heavy atom. The van der Waals surface area contributed by atoms with Gasteiger partial charge in [0.2, 0.25) is 0 Å². The number of nitrogens with one attached hydrogen (secondary N) is 1. The molecule has 0 saturated heterocycles. The van der Waals surface area contributed by atoms with Gasteiger partial charge in [0.25, 0.3) is 5.91 Å². The van der Waals surface area contributed by atoms with Gasteiger partial charge in [0.1, 0.15) is 10.7 Å². The molecule has 120 valence electrons. The summed E-state index contributed by atoms with van der Waals surface area (Å²) < 4.78 is 10.2. The Morgan fingerprint density at radius 3 is 2.46 bits per heavy atom. The van der Waals surface area contributed by atoms with E-state index >= 15 is 0 Å². The predicted molar refractivity (Wildman–Crippen MR) is 81.9 cm³/mol. The zero-order valence-corrected chi connectivity index (χ0v) is 12.1. The third-order valence-electron chi connectivity index (χ3n) is 2.83. The number of nitrogens with zero attached hydrogens (tertiary/aromatic N) is 3. The van der Waals surface area contributed by atoms with Crippen molar-refractivity contribution in [2.75, 3.05) is 5.32 Å². The highest BCUT2D eigenvalue weighted by molar-refractivity contribution is 6.02. The van der Waals surface area contributed by atoms with Crippen molar-refractivity contribution in [1.29, 1.82) is 0 Å². The molecule has 0 fully saturated rings. The number of ether oxygens (including phenoxy) is 1. The number of nitro groups is 1. The second-order valence-corrected chi connectivity index (χ2v) is 4.52. The van der Waals surface area contributed by atoms with Crippen LogP contribution in [0.2, 0.25) is 0 Å². The maximum atomic E-state index is 11.9. The fraction of sp³-hybridized carbons (Fsp3) is 0. The first-order valence-corrected chi connectivity index (χ1v) is 6.72. The number of amides is 1. The normalized spacial score (nSPS) is 10.2. The van der Waals surface area contributed by atoms with Crippen molar-refractivity contribution in [2.45, 2.75) is 0 Å². The Bertz CT molecular complexity index is 861. The van der Waals surface area contributed by atoms with E-state index in [1.165, 1.54) is 18.5 Å². The number of anilines is 1. The molecule has 9 nitrogen and oxygen atoms in total. The quantitative estimate of drug-likeness (QED) is 0.565. The molecule has 0 aliphatic carbocycles. The average Bonchev–Trinajstić information content (AvgIpc) is 3.08. The fourth-order valence-corrected chi connectivity index (χ4v) is 1.77. The fourth-order valence-electron chi connectivity index (χ4n) is 1.77. The Morgan fingerprint density at radius 2 is 1.83 bits per heavy atom. The lowest BCUT2D eigenvalue weighted by atomic mass is 10.3. The molecule has 0 saturated carbocycles. The molecular formula is C15H10N4O5. The van der Waals surface area contributed by atoms with Gasteiger partial charge in [0, 0.05) is 0 Å². The van der Waals surface area contributed by atoms with E-state index in [0.717, 1.165) is 6.07 Å². The minimum absolute atomic E-state index is 0.118. The second-order valence-electron chi connectivity index (χ2n) is 4.52. The van der Waals surface area contributed by atoms with Crippen LogP contribution in [0.15, 0.2) is 59.3 Å². The molecule has 1 aromatic carbocycles. The van der Waals surface area contributed by atoms with E-state index in [1.807, 2.05) is 18.2 Å². The second kappa shape index (κ2) is 6.57. The summed E-state index contributed by atoms with van der Waals surface area (Å²) in [5.41, 5.74) is 0.291. The van der Waals surface area contributed by atoms with Crippen LogP contribution in [-0.2, 0) is 0 Å². The van der Waals surface area contributed by atoms with Gasteiger partial charge >= 0.3 is 11.9 Å². The Kier molecular flexibility index (Phi) is 4.15. The summed E-state index contributed by atoms with van der Waals surface area (Å²) in [5, 5.41) is 13.0. The van der Waals surface area contributed by atoms with Crippen LogP contribution in [0.4, 0.5) is 11.6 Å². The molecule has 0 bridgehead atoms. The molecular weight excluding hydrogens is 316 g/mol. The smallest absolute Gasteiger partial charge is 0.424 e. The summed E-state index contributed by atoms with van der Waals surface area (Å²) >= 11 is 0. The van der Waals surface area contributed by atoms with E-state index in [1.54, 1.807) is 12.1 Å². The highest BCUT2D eigenvalue weighted by atomic mass is 16.6. The number of hydrogen-bond acceptors (Lipinski definition) is 7. The number of hydrogen-bond donors (Lipinski definition) is 1. The molecule has 2 heterocycles. The van der Waals surface area contributed by atoms with Crippen molar-refractivity contribution < 1.29 is 18.9 Å². The zero-order chi connectivity index (χ0) is 16.9. The van der Waals surface area contributed by atoms with Crippen molar-refractivity contribution >= 4 is 17.5 Å². The van der Waals surface area contributed by atoms with E-state index in [4.69, 9.17) is 9.15 Å². The first kappa shape index (κ1) is 15.2.